The summed E-state index contributed by atoms with van der Waals surface area (Å²) in [5.74, 6) is 0.839. The van der Waals surface area contributed by atoms with Crippen LogP contribution in [0.4, 0.5) is 4.79 Å². The van der Waals surface area contributed by atoms with Crippen LogP contribution in [-0.4, -0.2) is 35.5 Å². The smallest absolute Gasteiger partial charge is 0.407 e. The Balaban J connectivity index is 1.53. The maximum absolute atomic E-state index is 11.6. The van der Waals surface area contributed by atoms with Crippen LogP contribution in [0.2, 0.25) is 0 Å². The third kappa shape index (κ3) is 6.12. The van der Waals surface area contributed by atoms with Gasteiger partial charge in [0.1, 0.15) is 5.82 Å². The number of alkyl carbamates (subject to hydrolysis) is 1. The lowest BCUT2D eigenvalue weighted by atomic mass is 10.0. The number of benzene rings is 2. The van der Waals surface area contributed by atoms with Gasteiger partial charge in [0, 0.05) is 29.6 Å². The fourth-order valence-electron chi connectivity index (χ4n) is 2.90. The highest BCUT2D eigenvalue weighted by molar-refractivity contribution is 7.98. The number of thioether (sulfide) groups is 1. The van der Waals surface area contributed by atoms with Crippen molar-refractivity contribution in [3.05, 3.63) is 60.6 Å². The van der Waals surface area contributed by atoms with Crippen LogP contribution in [0.5, 0.6) is 0 Å². The first kappa shape index (κ1) is 21.0. The van der Waals surface area contributed by atoms with Crippen molar-refractivity contribution >= 4 is 17.9 Å². The predicted octanol–water partition coefficient (Wildman–Crippen LogP) is 5.53. The summed E-state index contributed by atoms with van der Waals surface area (Å²) >= 11 is 1.74. The van der Waals surface area contributed by atoms with Gasteiger partial charge in [0.25, 0.3) is 0 Å². The van der Waals surface area contributed by atoms with E-state index in [2.05, 4.69) is 77.0 Å². The molecule has 0 saturated carbocycles. The van der Waals surface area contributed by atoms with E-state index >= 15 is 0 Å². The molecular formula is C23H27N3O2S. The molecule has 0 saturated heterocycles. The highest BCUT2D eigenvalue weighted by Gasteiger charge is 2.06. The lowest BCUT2D eigenvalue weighted by molar-refractivity contribution is 0.144. The van der Waals surface area contributed by atoms with Gasteiger partial charge in [-0.15, -0.1) is 11.8 Å². The lowest BCUT2D eigenvalue weighted by Crippen LogP contribution is -2.27. The van der Waals surface area contributed by atoms with Gasteiger partial charge in [0.05, 0.1) is 12.3 Å². The van der Waals surface area contributed by atoms with Crippen molar-refractivity contribution in [2.24, 2.45) is 0 Å². The summed E-state index contributed by atoms with van der Waals surface area (Å²) < 4.78 is 5.07. The number of rotatable bonds is 9. The summed E-state index contributed by atoms with van der Waals surface area (Å²) in [6.45, 7) is 3.01. The Morgan fingerprint density at radius 1 is 1.07 bits per heavy atom. The molecule has 0 spiro atoms. The SMILES string of the molecule is CCCCOC(=O)NCCc1nc(-c2ccc(-c3ccc(SC)cc3)cc2)c[nH]1. The third-order valence-electron chi connectivity index (χ3n) is 4.60. The number of aromatic amines is 1. The minimum Gasteiger partial charge on any atom is -0.450 e. The standard InChI is InChI=1S/C23H27N3O2S/c1-3-4-15-28-23(27)24-14-13-22-25-16-21(26-22)19-7-5-17(6-8-19)18-9-11-20(29-2)12-10-18/h5-12,16H,3-4,13-15H2,1-2H3,(H,24,27)(H,25,26). The normalized spacial score (nSPS) is 10.7. The molecule has 0 aliphatic rings. The zero-order valence-corrected chi connectivity index (χ0v) is 17.7. The molecule has 6 heteroatoms. The molecule has 3 aromatic rings. The van der Waals surface area contributed by atoms with Crippen molar-refractivity contribution in [1.82, 2.24) is 15.3 Å². The van der Waals surface area contributed by atoms with Crippen LogP contribution < -0.4 is 5.32 Å². The second-order valence-corrected chi connectivity index (χ2v) is 7.58. The number of aromatic nitrogens is 2. The van der Waals surface area contributed by atoms with Gasteiger partial charge in [-0.25, -0.2) is 9.78 Å². The van der Waals surface area contributed by atoms with Crippen LogP contribution >= 0.6 is 11.8 Å². The zero-order valence-electron chi connectivity index (χ0n) is 16.9. The van der Waals surface area contributed by atoms with Crippen LogP contribution in [0.25, 0.3) is 22.4 Å². The average Bonchev–Trinajstić information content (AvgIpc) is 3.23. The molecule has 2 aromatic carbocycles. The predicted molar refractivity (Wildman–Crippen MR) is 119 cm³/mol. The second-order valence-electron chi connectivity index (χ2n) is 6.70. The Morgan fingerprint density at radius 2 is 1.72 bits per heavy atom. The molecule has 29 heavy (non-hydrogen) atoms. The summed E-state index contributed by atoms with van der Waals surface area (Å²) in [5.41, 5.74) is 4.34. The number of amides is 1. The molecule has 3 rings (SSSR count). The minimum atomic E-state index is -0.369. The number of hydrogen-bond donors (Lipinski definition) is 2. The molecule has 1 aromatic heterocycles. The molecule has 0 fully saturated rings. The molecule has 5 nitrogen and oxygen atoms in total. The molecule has 152 valence electrons. The van der Waals surface area contributed by atoms with Crippen LogP contribution in [-0.2, 0) is 11.2 Å². The maximum atomic E-state index is 11.6. The first-order valence-electron chi connectivity index (χ1n) is 9.89. The molecule has 1 heterocycles. The van der Waals surface area contributed by atoms with Gasteiger partial charge in [-0.1, -0.05) is 49.7 Å². The summed E-state index contributed by atoms with van der Waals surface area (Å²) in [4.78, 5) is 20.6. The highest BCUT2D eigenvalue weighted by atomic mass is 32.2. The van der Waals surface area contributed by atoms with Gasteiger partial charge in [-0.2, -0.15) is 0 Å². The van der Waals surface area contributed by atoms with Gasteiger partial charge in [-0.3, -0.25) is 0 Å². The Hall–Kier alpha value is -2.73. The molecule has 0 radical (unpaired) electrons. The lowest BCUT2D eigenvalue weighted by Gasteiger charge is -2.05. The molecule has 1 amide bonds. The largest absolute Gasteiger partial charge is 0.450 e. The van der Waals surface area contributed by atoms with E-state index in [1.807, 2.05) is 6.20 Å². The number of nitrogens with zero attached hydrogens (tertiary/aromatic N) is 1. The van der Waals surface area contributed by atoms with Crippen molar-refractivity contribution in [1.29, 1.82) is 0 Å². The molecule has 0 unspecified atom stereocenters. The molecular weight excluding hydrogens is 382 g/mol. The molecule has 0 atom stereocenters. The zero-order chi connectivity index (χ0) is 20.5. The summed E-state index contributed by atoms with van der Waals surface area (Å²) in [5, 5.41) is 2.75. The second kappa shape index (κ2) is 10.7. The van der Waals surface area contributed by atoms with E-state index in [0.29, 0.717) is 19.6 Å². The Labute approximate surface area is 176 Å². The Kier molecular flexibility index (Phi) is 7.76. The fourth-order valence-corrected chi connectivity index (χ4v) is 3.31. The first-order valence-corrected chi connectivity index (χ1v) is 11.1. The van der Waals surface area contributed by atoms with Gasteiger partial charge in [0.15, 0.2) is 0 Å². The van der Waals surface area contributed by atoms with Crippen molar-refractivity contribution in [3.63, 3.8) is 0 Å². The van der Waals surface area contributed by atoms with E-state index in [-0.39, 0.29) is 6.09 Å². The maximum Gasteiger partial charge on any atom is 0.407 e. The van der Waals surface area contributed by atoms with E-state index in [4.69, 9.17) is 4.74 Å². The molecule has 0 aliphatic heterocycles. The van der Waals surface area contributed by atoms with Crippen molar-refractivity contribution in [3.8, 4) is 22.4 Å². The van der Waals surface area contributed by atoms with Crippen molar-refractivity contribution in [2.75, 3.05) is 19.4 Å². The van der Waals surface area contributed by atoms with E-state index in [0.717, 1.165) is 29.9 Å². The molecule has 0 bridgehead atoms. The van der Waals surface area contributed by atoms with E-state index in [9.17, 15) is 4.79 Å². The number of carbonyl (C=O) groups is 1. The minimum absolute atomic E-state index is 0.369. The van der Waals surface area contributed by atoms with Gasteiger partial charge < -0.3 is 15.0 Å². The average molecular weight is 410 g/mol. The topological polar surface area (TPSA) is 67.0 Å². The molecule has 2 N–H and O–H groups in total. The van der Waals surface area contributed by atoms with Gasteiger partial charge in [-0.05, 0) is 35.9 Å². The number of imidazole rings is 1. The fraction of sp³-hybridized carbons (Fsp3) is 0.304. The first-order chi connectivity index (χ1) is 14.2. The summed E-state index contributed by atoms with van der Waals surface area (Å²) in [6, 6.07) is 17.0. The van der Waals surface area contributed by atoms with Crippen molar-refractivity contribution in [2.45, 2.75) is 31.1 Å². The van der Waals surface area contributed by atoms with Crippen LogP contribution in [0.1, 0.15) is 25.6 Å². The number of unbranched alkanes of at least 4 members (excludes halogenated alkanes) is 1. The van der Waals surface area contributed by atoms with Gasteiger partial charge in [0.2, 0.25) is 0 Å². The van der Waals surface area contributed by atoms with E-state index < -0.39 is 0 Å². The molecule has 0 aliphatic carbocycles. The Morgan fingerprint density at radius 3 is 2.38 bits per heavy atom. The van der Waals surface area contributed by atoms with E-state index in [1.54, 1.807) is 11.8 Å². The monoisotopic (exact) mass is 409 g/mol. The number of H-pyrrole nitrogens is 1. The summed E-state index contributed by atoms with van der Waals surface area (Å²) in [7, 11) is 0. The summed E-state index contributed by atoms with van der Waals surface area (Å²) in [6.07, 6.45) is 6.13. The Bertz CT molecular complexity index is 905. The van der Waals surface area contributed by atoms with Crippen LogP contribution in [0.3, 0.4) is 0 Å². The number of carbonyl (C=O) groups excluding carboxylic acids is 1. The van der Waals surface area contributed by atoms with Crippen LogP contribution in [0, 0.1) is 0 Å². The number of hydrogen-bond acceptors (Lipinski definition) is 4. The number of ether oxygens (including phenoxy) is 1. The third-order valence-corrected chi connectivity index (χ3v) is 5.34. The van der Waals surface area contributed by atoms with Crippen molar-refractivity contribution < 1.29 is 9.53 Å². The van der Waals surface area contributed by atoms with Crippen LogP contribution in [0.15, 0.2) is 59.6 Å². The quantitative estimate of drug-likeness (QED) is 0.360. The highest BCUT2D eigenvalue weighted by Crippen LogP contribution is 2.26. The van der Waals surface area contributed by atoms with Gasteiger partial charge >= 0.3 is 6.09 Å². The van der Waals surface area contributed by atoms with E-state index in [1.165, 1.54) is 16.0 Å². The number of nitrogens with one attached hydrogen (secondary N) is 2.